The Morgan fingerprint density at radius 2 is 1.85 bits per heavy atom. The van der Waals surface area contributed by atoms with Crippen LogP contribution in [-0.4, -0.2) is 22.0 Å². The lowest BCUT2D eigenvalue weighted by atomic mass is 9.93. The molecule has 1 atom stereocenters. The number of carbonyl (C=O) groups excluding carboxylic acids is 2. The quantitative estimate of drug-likeness (QED) is 0.388. The molecule has 0 saturated carbocycles. The average molecular weight is 457 g/mol. The number of hydrogen-bond donors (Lipinski definition) is 2. The summed E-state index contributed by atoms with van der Waals surface area (Å²) in [6.07, 6.45) is 0. The molecule has 0 radical (unpaired) electrons. The standard InChI is InChI=1S/C26H24N4O2S/c1-15(2)23-22-24(29-28-23)26(32)30(19-10-8-17(9-11-19)18-12-13-33-14-18)25(22)20-6-4-5-7-21(20)27-16(3)31/h4-15,25H,1-3H3,(H,27,31)(H,28,29). The van der Waals surface area contributed by atoms with Crippen LogP contribution >= 0.6 is 11.3 Å². The van der Waals surface area contributed by atoms with Crippen LogP contribution in [0.1, 0.15) is 60.0 Å². The van der Waals surface area contributed by atoms with Crippen molar-refractivity contribution < 1.29 is 9.59 Å². The van der Waals surface area contributed by atoms with Gasteiger partial charge < -0.3 is 5.32 Å². The normalized spacial score (nSPS) is 15.2. The Morgan fingerprint density at radius 1 is 1.09 bits per heavy atom. The minimum Gasteiger partial charge on any atom is -0.326 e. The van der Waals surface area contributed by atoms with Gasteiger partial charge in [0.2, 0.25) is 5.91 Å². The number of aromatic amines is 1. The first-order valence-electron chi connectivity index (χ1n) is 10.9. The predicted molar refractivity (Wildman–Crippen MR) is 132 cm³/mol. The van der Waals surface area contributed by atoms with Crippen LogP contribution in [0.25, 0.3) is 11.1 Å². The summed E-state index contributed by atoms with van der Waals surface area (Å²) in [6, 6.07) is 17.3. The third-order valence-electron chi connectivity index (χ3n) is 5.91. The molecule has 166 valence electrons. The molecular formula is C26H24N4O2S. The number of fused-ring (bicyclic) bond motifs is 1. The van der Waals surface area contributed by atoms with Crippen molar-refractivity contribution in [2.24, 2.45) is 0 Å². The first-order valence-corrected chi connectivity index (χ1v) is 11.8. The second kappa shape index (κ2) is 8.33. The van der Waals surface area contributed by atoms with Gasteiger partial charge in [-0.15, -0.1) is 0 Å². The molecule has 2 aromatic heterocycles. The zero-order valence-electron chi connectivity index (χ0n) is 18.6. The van der Waals surface area contributed by atoms with Crippen LogP contribution in [0, 0.1) is 0 Å². The van der Waals surface area contributed by atoms with E-state index in [0.717, 1.165) is 33.6 Å². The maximum atomic E-state index is 13.6. The van der Waals surface area contributed by atoms with Crippen molar-refractivity contribution in [3.63, 3.8) is 0 Å². The molecule has 1 aliphatic heterocycles. The van der Waals surface area contributed by atoms with Gasteiger partial charge in [0.1, 0.15) is 5.69 Å². The topological polar surface area (TPSA) is 78.1 Å². The molecule has 1 aliphatic rings. The van der Waals surface area contributed by atoms with Gasteiger partial charge in [-0.2, -0.15) is 16.4 Å². The molecule has 0 bridgehead atoms. The number of hydrogen-bond acceptors (Lipinski definition) is 4. The number of nitrogens with zero attached hydrogens (tertiary/aromatic N) is 2. The van der Waals surface area contributed by atoms with E-state index in [9.17, 15) is 9.59 Å². The number of rotatable bonds is 5. The van der Waals surface area contributed by atoms with Gasteiger partial charge >= 0.3 is 0 Å². The lowest BCUT2D eigenvalue weighted by molar-refractivity contribution is -0.114. The average Bonchev–Trinajstić information content (AvgIpc) is 3.52. The fraction of sp³-hybridized carbons (Fsp3) is 0.192. The first kappa shape index (κ1) is 21.2. The highest BCUT2D eigenvalue weighted by molar-refractivity contribution is 7.08. The zero-order chi connectivity index (χ0) is 23.1. The Morgan fingerprint density at radius 3 is 2.52 bits per heavy atom. The summed E-state index contributed by atoms with van der Waals surface area (Å²) in [7, 11) is 0. The van der Waals surface area contributed by atoms with Gasteiger partial charge in [-0.3, -0.25) is 19.6 Å². The second-order valence-corrected chi connectivity index (χ2v) is 9.24. The Labute approximate surface area is 196 Å². The molecule has 0 fully saturated rings. The fourth-order valence-corrected chi connectivity index (χ4v) is 5.12. The van der Waals surface area contributed by atoms with E-state index in [1.807, 2.05) is 48.5 Å². The number of nitrogens with one attached hydrogen (secondary N) is 2. The smallest absolute Gasteiger partial charge is 0.277 e. The van der Waals surface area contributed by atoms with Crippen molar-refractivity contribution in [1.82, 2.24) is 10.2 Å². The Hall–Kier alpha value is -3.71. The number of amides is 2. The van der Waals surface area contributed by atoms with E-state index in [0.29, 0.717) is 11.4 Å². The number of H-pyrrole nitrogens is 1. The minimum atomic E-state index is -0.404. The van der Waals surface area contributed by atoms with Crippen molar-refractivity contribution in [3.8, 4) is 11.1 Å². The van der Waals surface area contributed by atoms with Gasteiger partial charge in [0.25, 0.3) is 5.91 Å². The zero-order valence-corrected chi connectivity index (χ0v) is 19.4. The molecule has 4 aromatic rings. The summed E-state index contributed by atoms with van der Waals surface area (Å²) in [4.78, 5) is 27.3. The summed E-state index contributed by atoms with van der Waals surface area (Å²) in [5.41, 5.74) is 6.82. The number of para-hydroxylation sites is 1. The maximum Gasteiger partial charge on any atom is 0.277 e. The minimum absolute atomic E-state index is 0.129. The predicted octanol–water partition coefficient (Wildman–Crippen LogP) is 5.97. The van der Waals surface area contributed by atoms with Crippen LogP contribution in [0.3, 0.4) is 0 Å². The molecular weight excluding hydrogens is 432 g/mol. The summed E-state index contributed by atoms with van der Waals surface area (Å²) >= 11 is 1.66. The summed E-state index contributed by atoms with van der Waals surface area (Å²) in [5, 5.41) is 14.5. The highest BCUT2D eigenvalue weighted by atomic mass is 32.1. The van der Waals surface area contributed by atoms with E-state index in [2.05, 4.69) is 46.2 Å². The Bertz CT molecular complexity index is 1320. The van der Waals surface area contributed by atoms with Crippen LogP contribution in [0.15, 0.2) is 65.4 Å². The van der Waals surface area contributed by atoms with E-state index >= 15 is 0 Å². The third kappa shape index (κ3) is 3.64. The first-order chi connectivity index (χ1) is 16.0. The summed E-state index contributed by atoms with van der Waals surface area (Å²) in [6.45, 7) is 5.62. The lowest BCUT2D eigenvalue weighted by Gasteiger charge is -2.28. The van der Waals surface area contributed by atoms with Crippen LogP contribution in [-0.2, 0) is 4.79 Å². The van der Waals surface area contributed by atoms with Gasteiger partial charge in [-0.05, 0) is 52.1 Å². The molecule has 33 heavy (non-hydrogen) atoms. The molecule has 0 aliphatic carbocycles. The van der Waals surface area contributed by atoms with Gasteiger partial charge in [0, 0.05) is 29.4 Å². The summed E-state index contributed by atoms with van der Waals surface area (Å²) < 4.78 is 0. The molecule has 6 nitrogen and oxygen atoms in total. The van der Waals surface area contributed by atoms with E-state index < -0.39 is 6.04 Å². The van der Waals surface area contributed by atoms with Crippen LogP contribution in [0.4, 0.5) is 11.4 Å². The van der Waals surface area contributed by atoms with Crippen LogP contribution < -0.4 is 10.2 Å². The molecule has 1 unspecified atom stereocenters. The maximum absolute atomic E-state index is 13.6. The van der Waals surface area contributed by atoms with Crippen molar-refractivity contribution in [3.05, 3.63) is 87.9 Å². The van der Waals surface area contributed by atoms with Crippen molar-refractivity contribution in [2.45, 2.75) is 32.7 Å². The van der Waals surface area contributed by atoms with Crippen molar-refractivity contribution >= 4 is 34.5 Å². The van der Waals surface area contributed by atoms with Crippen molar-refractivity contribution in [1.29, 1.82) is 0 Å². The number of thiophene rings is 1. The molecule has 7 heteroatoms. The highest BCUT2D eigenvalue weighted by Crippen LogP contribution is 2.46. The number of anilines is 2. The summed E-state index contributed by atoms with van der Waals surface area (Å²) in [5.74, 6) is -0.153. The molecule has 0 saturated heterocycles. The lowest BCUT2D eigenvalue weighted by Crippen LogP contribution is -2.30. The number of aromatic nitrogens is 2. The third-order valence-corrected chi connectivity index (χ3v) is 6.59. The van der Waals surface area contributed by atoms with Gasteiger partial charge in [-0.1, -0.05) is 44.2 Å². The van der Waals surface area contributed by atoms with Gasteiger partial charge in [0.15, 0.2) is 0 Å². The number of benzene rings is 2. The Kier molecular flexibility index (Phi) is 5.34. The van der Waals surface area contributed by atoms with E-state index in [1.54, 1.807) is 16.2 Å². The highest BCUT2D eigenvalue weighted by Gasteiger charge is 2.44. The molecule has 0 spiro atoms. The molecule has 5 rings (SSSR count). The van der Waals surface area contributed by atoms with E-state index in [4.69, 9.17) is 0 Å². The molecule has 2 amide bonds. The second-order valence-electron chi connectivity index (χ2n) is 8.46. The molecule has 2 N–H and O–H groups in total. The largest absolute Gasteiger partial charge is 0.326 e. The van der Waals surface area contributed by atoms with Crippen LogP contribution in [0.5, 0.6) is 0 Å². The van der Waals surface area contributed by atoms with Crippen molar-refractivity contribution in [2.75, 3.05) is 10.2 Å². The van der Waals surface area contributed by atoms with E-state index in [-0.39, 0.29) is 17.7 Å². The number of carbonyl (C=O) groups is 2. The monoisotopic (exact) mass is 456 g/mol. The fourth-order valence-electron chi connectivity index (χ4n) is 4.45. The van der Waals surface area contributed by atoms with Gasteiger partial charge in [0.05, 0.1) is 11.7 Å². The molecule has 2 aromatic carbocycles. The van der Waals surface area contributed by atoms with Crippen LogP contribution in [0.2, 0.25) is 0 Å². The van der Waals surface area contributed by atoms with E-state index in [1.165, 1.54) is 6.92 Å². The Balaban J connectivity index is 1.66. The van der Waals surface area contributed by atoms with Gasteiger partial charge in [-0.25, -0.2) is 0 Å². The molecule has 3 heterocycles. The SMILES string of the molecule is CC(=O)Nc1ccccc1C1c2c(C(C)C)n[nH]c2C(=O)N1c1ccc(-c2ccsc2)cc1.